The summed E-state index contributed by atoms with van der Waals surface area (Å²) < 4.78 is 31.0. The Morgan fingerprint density at radius 3 is 1.40 bits per heavy atom. The fraction of sp³-hybridized carbons (Fsp3) is 0.385. The van der Waals surface area contributed by atoms with Crippen LogP contribution in [0.4, 0.5) is 0 Å². The Balaban J connectivity index is 0.000000148. The van der Waals surface area contributed by atoms with Crippen LogP contribution in [0.25, 0.3) is 0 Å². The number of methoxy groups -OCH3 is 3. The number of hydrogen-bond donors (Lipinski definition) is 2. The van der Waals surface area contributed by atoms with Crippen LogP contribution in [0.3, 0.4) is 0 Å². The smallest absolute Gasteiger partial charge is 0.314 e. The van der Waals surface area contributed by atoms with Crippen molar-refractivity contribution in [1.29, 1.82) is 0 Å². The third-order valence-electron chi connectivity index (χ3n) is 18.8. The van der Waals surface area contributed by atoms with Gasteiger partial charge in [-0.05, 0) is 123 Å². The quantitative estimate of drug-likeness (QED) is 0.147. The maximum atomic E-state index is 14.0. The molecule has 6 aromatic rings. The average molecular weight is 1050 g/mol. The molecule has 13 heteroatoms. The molecule has 8 aliphatic rings. The first-order valence-corrected chi connectivity index (χ1v) is 27.4. The van der Waals surface area contributed by atoms with Gasteiger partial charge in [0.05, 0.1) is 21.3 Å². The molecule has 0 unspecified atom stereocenters. The molecular formula is C65H66N4O9. The van der Waals surface area contributed by atoms with Crippen molar-refractivity contribution < 1.29 is 43.5 Å². The van der Waals surface area contributed by atoms with Crippen LogP contribution in [0.5, 0.6) is 17.2 Å². The molecule has 400 valence electrons. The van der Waals surface area contributed by atoms with Gasteiger partial charge in [-0.1, -0.05) is 115 Å². The van der Waals surface area contributed by atoms with E-state index in [1.807, 2.05) is 115 Å². The van der Waals surface area contributed by atoms with Gasteiger partial charge in [0.25, 0.3) is 0 Å². The first-order chi connectivity index (χ1) is 37.6. The van der Waals surface area contributed by atoms with Gasteiger partial charge < -0.3 is 43.7 Å². The first-order valence-electron chi connectivity index (χ1n) is 27.4. The summed E-state index contributed by atoms with van der Waals surface area (Å²) in [5, 5.41) is 26.8. The third kappa shape index (κ3) is 6.03. The number of aryl methyl sites for hydroxylation is 5. The average Bonchev–Trinajstić information content (AvgIpc) is 4.43. The Morgan fingerprint density at radius 2 is 0.962 bits per heavy atom. The van der Waals surface area contributed by atoms with Crippen molar-refractivity contribution in [2.45, 2.75) is 112 Å². The largest absolute Gasteiger partial charge is 0.497 e. The van der Waals surface area contributed by atoms with E-state index in [1.165, 1.54) is 14.2 Å². The van der Waals surface area contributed by atoms with Crippen LogP contribution in [0.2, 0.25) is 0 Å². The van der Waals surface area contributed by atoms with E-state index < -0.39 is 69.3 Å². The zero-order valence-corrected chi connectivity index (χ0v) is 45.5. The molecule has 0 radical (unpaired) electrons. The Hall–Kier alpha value is -7.48. The van der Waals surface area contributed by atoms with Crippen molar-refractivity contribution in [2.24, 2.45) is 21.8 Å². The normalized spacial score (nSPS) is 31.8. The summed E-state index contributed by atoms with van der Waals surface area (Å²) >= 11 is 0. The fourth-order valence-electron chi connectivity index (χ4n) is 16.3. The maximum absolute atomic E-state index is 14.0. The molecule has 4 fully saturated rings. The zero-order valence-electron chi connectivity index (χ0n) is 45.5. The maximum Gasteiger partial charge on any atom is 0.314 e. The van der Waals surface area contributed by atoms with Gasteiger partial charge in [-0.15, -0.1) is 0 Å². The Labute approximate surface area is 455 Å². The lowest BCUT2D eigenvalue weighted by Gasteiger charge is -2.45. The second-order valence-electron chi connectivity index (χ2n) is 22.8. The van der Waals surface area contributed by atoms with E-state index in [9.17, 15) is 19.8 Å². The highest BCUT2D eigenvalue weighted by Gasteiger charge is 2.90. The molecule has 10 atom stereocenters. The van der Waals surface area contributed by atoms with E-state index >= 15 is 0 Å². The van der Waals surface area contributed by atoms with Crippen molar-refractivity contribution in [2.75, 3.05) is 34.4 Å². The lowest BCUT2D eigenvalue weighted by molar-refractivity contribution is -0.177. The zero-order chi connectivity index (χ0) is 54.3. The molecule has 2 spiro atoms. The summed E-state index contributed by atoms with van der Waals surface area (Å²) in [6, 6.07) is 44.2. The van der Waals surface area contributed by atoms with Crippen molar-refractivity contribution >= 4 is 23.6 Å². The van der Waals surface area contributed by atoms with Gasteiger partial charge in [0, 0.05) is 48.9 Å². The highest BCUT2D eigenvalue weighted by Crippen LogP contribution is 2.78. The number of carbonyl (C=O) groups is 2. The van der Waals surface area contributed by atoms with Crippen LogP contribution >= 0.6 is 0 Å². The second kappa shape index (κ2) is 17.5. The lowest BCUT2D eigenvalue weighted by Crippen LogP contribution is -2.63. The molecule has 2 aliphatic carbocycles. The van der Waals surface area contributed by atoms with Gasteiger partial charge in [0.15, 0.2) is 33.7 Å². The van der Waals surface area contributed by atoms with Crippen LogP contribution < -0.4 is 14.2 Å². The number of rotatable bonds is 7. The van der Waals surface area contributed by atoms with E-state index in [0.717, 1.165) is 111 Å². The predicted molar refractivity (Wildman–Crippen MR) is 295 cm³/mol. The van der Waals surface area contributed by atoms with Gasteiger partial charge in [0.2, 0.25) is 0 Å². The van der Waals surface area contributed by atoms with Gasteiger partial charge in [-0.25, -0.2) is 0 Å². The molecule has 0 aromatic heterocycles. The van der Waals surface area contributed by atoms with Gasteiger partial charge >= 0.3 is 11.9 Å². The molecule has 0 amide bonds. The number of aliphatic hydroxyl groups is 2. The summed E-state index contributed by atoms with van der Waals surface area (Å²) in [4.78, 5) is 43.0. The Kier molecular flexibility index (Phi) is 11.2. The van der Waals surface area contributed by atoms with Crippen LogP contribution in [-0.2, 0) is 41.3 Å². The Morgan fingerprint density at radius 1 is 0.538 bits per heavy atom. The highest BCUT2D eigenvalue weighted by atomic mass is 16.5. The molecule has 6 heterocycles. The standard InChI is InChI=1S/C33H34N2O4.C32H32N2O5/c1-20-13-15-24(16-14-20)31-28(23-10-6-5-7-11-23)29(30(36)38-4)33(37)32(31,34-26-12-8-9-17-35(26)33)27-22(3)18-21(2)19-25(27)39-31;1-19-17-20(2)26-24(18-19)39-30(22-12-14-23(37-3)15-13-22)27(21-9-6-5-7-10-21)28(29(35)38-4)32(36)31(26,30)33-25-11-8-16-34(25)32/h5-7,10-11,13-16,18-19,28-29,37H,8-9,12,17H2,1-4H3;5-7,9-10,12-15,17-18,27-28,36H,8,11,16H2,1-4H3/t28-,29+,31+,32-,33-;27-,28+,30+,31-,32-/m11/s1. The number of amidine groups is 2. The fourth-order valence-corrected chi connectivity index (χ4v) is 16.3. The molecule has 6 aliphatic heterocycles. The minimum Gasteiger partial charge on any atom is -0.497 e. The van der Waals surface area contributed by atoms with E-state index in [4.69, 9.17) is 33.7 Å². The van der Waals surface area contributed by atoms with Gasteiger partial charge in [-0.2, -0.15) is 0 Å². The minimum absolute atomic E-state index is 0.455. The monoisotopic (exact) mass is 1050 g/mol. The number of piperidine rings is 1. The summed E-state index contributed by atoms with van der Waals surface area (Å²) in [5.74, 6) is -0.255. The number of hydrogen-bond acceptors (Lipinski definition) is 13. The number of nitrogens with zero attached hydrogens (tertiary/aromatic N) is 4. The molecule has 0 bridgehead atoms. The van der Waals surface area contributed by atoms with E-state index in [2.05, 4.69) is 63.2 Å². The van der Waals surface area contributed by atoms with Crippen molar-refractivity contribution in [1.82, 2.24) is 9.80 Å². The van der Waals surface area contributed by atoms with Gasteiger partial charge in [0.1, 0.15) is 40.8 Å². The number of aliphatic imine (C=N–C) groups is 2. The predicted octanol–water partition coefficient (Wildman–Crippen LogP) is 9.85. The number of carbonyl (C=O) groups excluding carboxylic acids is 2. The first kappa shape index (κ1) is 50.1. The van der Waals surface area contributed by atoms with E-state index in [0.29, 0.717) is 24.6 Å². The molecule has 14 rings (SSSR count). The lowest BCUT2D eigenvalue weighted by atomic mass is 9.67. The van der Waals surface area contributed by atoms with Crippen LogP contribution in [0.15, 0.2) is 143 Å². The number of esters is 2. The molecular weight excluding hydrogens is 981 g/mol. The highest BCUT2D eigenvalue weighted by molar-refractivity contribution is 5.93. The van der Waals surface area contributed by atoms with E-state index in [-0.39, 0.29) is 0 Å². The molecule has 2 saturated carbocycles. The van der Waals surface area contributed by atoms with E-state index in [1.54, 1.807) is 7.11 Å². The third-order valence-corrected chi connectivity index (χ3v) is 18.8. The molecule has 13 nitrogen and oxygen atoms in total. The number of benzene rings is 6. The Bertz CT molecular complexity index is 3500. The summed E-state index contributed by atoms with van der Waals surface area (Å²) in [6.45, 7) is 11.5. The summed E-state index contributed by atoms with van der Waals surface area (Å²) in [6.07, 6.45) is 4.24. The van der Waals surface area contributed by atoms with Gasteiger partial charge in [-0.3, -0.25) is 19.6 Å². The van der Waals surface area contributed by atoms with Crippen LogP contribution in [0.1, 0.15) is 105 Å². The minimum atomic E-state index is -1.71. The second-order valence-corrected chi connectivity index (χ2v) is 22.8. The molecule has 2 saturated heterocycles. The SMILES string of the molecule is COC(=O)[C@@H]1[C@@H](c2ccccc2)[C@]2(c3ccc(C)cc3)Oc3cc(C)cc(C)c3[C@@]23N=C2CCCCN2[C@@]13O.COC(=O)[C@@H]1[C@@H](c2ccccc2)[C@]2(c3ccc(OC)cc3)Oc3cc(C)cc(C)c3[C@@]23N=C2CCCN2[C@@]13O. The topological polar surface area (TPSA) is 152 Å². The number of ether oxygens (including phenoxy) is 5. The van der Waals surface area contributed by atoms with Crippen LogP contribution in [-0.4, -0.2) is 89.5 Å². The summed E-state index contributed by atoms with van der Waals surface area (Å²) in [7, 11) is 4.43. The summed E-state index contributed by atoms with van der Waals surface area (Å²) in [5.41, 5.74) is 2.01. The van der Waals surface area contributed by atoms with Crippen molar-refractivity contribution in [3.8, 4) is 17.2 Å². The molecule has 78 heavy (non-hydrogen) atoms. The molecule has 2 N–H and O–H groups in total. The number of fused-ring (bicyclic) bond motifs is 6. The van der Waals surface area contributed by atoms with Crippen molar-refractivity contribution in [3.05, 3.63) is 195 Å². The van der Waals surface area contributed by atoms with Crippen molar-refractivity contribution in [3.63, 3.8) is 0 Å². The van der Waals surface area contributed by atoms with Crippen LogP contribution in [0, 0.1) is 46.5 Å². The molecule has 6 aromatic carbocycles.